The van der Waals surface area contributed by atoms with Crippen LogP contribution in [0.25, 0.3) is 0 Å². The van der Waals surface area contributed by atoms with E-state index in [0.717, 1.165) is 17.4 Å². The van der Waals surface area contributed by atoms with E-state index >= 15 is 0 Å². The standard InChI is InChI=1S/C15H24NO2/c1-13(12-14-8-6-5-7-9-14)15(17)18-11-10-16(2,3)4/h5-9,13H,10-12H2,1-4H3/q+1/t13-/m0/s1. The zero-order valence-corrected chi connectivity index (χ0v) is 11.8. The number of hydrogen-bond acceptors (Lipinski definition) is 2. The minimum Gasteiger partial charge on any atom is -0.459 e. The van der Waals surface area contributed by atoms with Crippen LogP contribution in [0.15, 0.2) is 30.3 Å². The number of rotatable bonds is 6. The normalized spacial score (nSPS) is 13.1. The van der Waals surface area contributed by atoms with Gasteiger partial charge in [0.1, 0.15) is 13.2 Å². The summed E-state index contributed by atoms with van der Waals surface area (Å²) in [5, 5.41) is 0. The molecule has 3 nitrogen and oxygen atoms in total. The van der Waals surface area contributed by atoms with Gasteiger partial charge in [-0.15, -0.1) is 0 Å². The first-order valence-corrected chi connectivity index (χ1v) is 6.39. The van der Waals surface area contributed by atoms with E-state index in [1.54, 1.807) is 0 Å². The van der Waals surface area contributed by atoms with Gasteiger partial charge in [0.2, 0.25) is 0 Å². The highest BCUT2D eigenvalue weighted by Gasteiger charge is 2.16. The molecule has 1 rings (SSSR count). The molecule has 0 bridgehead atoms. The minimum absolute atomic E-state index is 0.0835. The molecule has 1 aromatic rings. The van der Waals surface area contributed by atoms with E-state index in [1.165, 1.54) is 5.56 Å². The second-order valence-electron chi connectivity index (χ2n) is 5.77. The lowest BCUT2D eigenvalue weighted by Crippen LogP contribution is -2.38. The summed E-state index contributed by atoms with van der Waals surface area (Å²) >= 11 is 0. The molecule has 0 aliphatic heterocycles. The van der Waals surface area contributed by atoms with Crippen LogP contribution in [0, 0.1) is 5.92 Å². The fraction of sp³-hybridized carbons (Fsp3) is 0.533. The first kappa shape index (κ1) is 14.7. The van der Waals surface area contributed by atoms with E-state index in [2.05, 4.69) is 21.1 Å². The molecular formula is C15H24NO2+. The molecule has 0 fully saturated rings. The molecule has 0 N–H and O–H groups in total. The van der Waals surface area contributed by atoms with Crippen molar-refractivity contribution in [2.45, 2.75) is 13.3 Å². The van der Waals surface area contributed by atoms with Crippen LogP contribution < -0.4 is 0 Å². The van der Waals surface area contributed by atoms with Crippen LogP contribution in [-0.2, 0) is 16.0 Å². The van der Waals surface area contributed by atoms with Crippen LogP contribution in [-0.4, -0.2) is 44.7 Å². The molecule has 0 aromatic heterocycles. The number of quaternary nitrogens is 1. The van der Waals surface area contributed by atoms with Crippen molar-refractivity contribution in [3.63, 3.8) is 0 Å². The lowest BCUT2D eigenvalue weighted by molar-refractivity contribution is -0.870. The van der Waals surface area contributed by atoms with Crippen molar-refractivity contribution in [2.75, 3.05) is 34.3 Å². The molecule has 3 heteroatoms. The zero-order valence-electron chi connectivity index (χ0n) is 11.8. The molecule has 0 heterocycles. The van der Waals surface area contributed by atoms with Crippen LogP contribution in [0.3, 0.4) is 0 Å². The van der Waals surface area contributed by atoms with Crippen LogP contribution in [0.1, 0.15) is 12.5 Å². The Morgan fingerprint density at radius 3 is 2.39 bits per heavy atom. The van der Waals surface area contributed by atoms with Gasteiger partial charge in [0, 0.05) is 0 Å². The minimum atomic E-state index is -0.104. The van der Waals surface area contributed by atoms with Gasteiger partial charge in [-0.25, -0.2) is 0 Å². The summed E-state index contributed by atoms with van der Waals surface area (Å²) in [5.74, 6) is -0.188. The van der Waals surface area contributed by atoms with Gasteiger partial charge in [0.25, 0.3) is 0 Å². The number of carbonyl (C=O) groups is 1. The van der Waals surface area contributed by atoms with E-state index in [4.69, 9.17) is 4.74 Å². The molecule has 0 aliphatic carbocycles. The number of esters is 1. The Morgan fingerprint density at radius 1 is 1.22 bits per heavy atom. The van der Waals surface area contributed by atoms with E-state index < -0.39 is 0 Å². The highest BCUT2D eigenvalue weighted by molar-refractivity contribution is 5.72. The Kier molecular flexibility index (Phi) is 5.35. The predicted octanol–water partition coefficient (Wildman–Crippen LogP) is 2.11. The van der Waals surface area contributed by atoms with Crippen LogP contribution >= 0.6 is 0 Å². The number of ether oxygens (including phenoxy) is 1. The Balaban J connectivity index is 2.34. The lowest BCUT2D eigenvalue weighted by Gasteiger charge is -2.23. The summed E-state index contributed by atoms with van der Waals surface area (Å²) in [7, 11) is 6.25. The van der Waals surface area contributed by atoms with Gasteiger partial charge < -0.3 is 9.22 Å². The largest absolute Gasteiger partial charge is 0.459 e. The summed E-state index contributed by atoms with van der Waals surface area (Å²) in [6, 6.07) is 10.0. The molecule has 0 spiro atoms. The summed E-state index contributed by atoms with van der Waals surface area (Å²) in [5.41, 5.74) is 1.17. The third-order valence-corrected chi connectivity index (χ3v) is 2.79. The highest BCUT2D eigenvalue weighted by atomic mass is 16.5. The van der Waals surface area contributed by atoms with Crippen molar-refractivity contribution in [1.29, 1.82) is 0 Å². The van der Waals surface area contributed by atoms with Gasteiger partial charge in [0.05, 0.1) is 27.1 Å². The summed E-state index contributed by atoms with van der Waals surface area (Å²) in [4.78, 5) is 11.8. The first-order chi connectivity index (χ1) is 8.38. The fourth-order valence-electron chi connectivity index (χ4n) is 1.61. The highest BCUT2D eigenvalue weighted by Crippen LogP contribution is 2.09. The molecule has 100 valence electrons. The molecule has 0 aliphatic rings. The second-order valence-corrected chi connectivity index (χ2v) is 5.77. The first-order valence-electron chi connectivity index (χ1n) is 6.39. The number of benzene rings is 1. The van der Waals surface area contributed by atoms with Gasteiger partial charge in [-0.2, -0.15) is 0 Å². The van der Waals surface area contributed by atoms with E-state index in [9.17, 15) is 4.79 Å². The van der Waals surface area contributed by atoms with Crippen molar-refractivity contribution in [2.24, 2.45) is 5.92 Å². The van der Waals surface area contributed by atoms with Gasteiger partial charge in [-0.3, -0.25) is 4.79 Å². The van der Waals surface area contributed by atoms with Crippen molar-refractivity contribution in [3.05, 3.63) is 35.9 Å². The summed E-state index contributed by atoms with van der Waals surface area (Å²) < 4.78 is 6.10. The van der Waals surface area contributed by atoms with Crippen LogP contribution in [0.4, 0.5) is 0 Å². The maximum atomic E-state index is 11.8. The average molecular weight is 250 g/mol. The van der Waals surface area contributed by atoms with E-state index in [1.807, 2.05) is 37.3 Å². The number of carbonyl (C=O) groups excluding carboxylic acids is 1. The Labute approximate surface area is 110 Å². The van der Waals surface area contributed by atoms with Crippen molar-refractivity contribution < 1.29 is 14.0 Å². The van der Waals surface area contributed by atoms with Gasteiger partial charge >= 0.3 is 5.97 Å². The Hall–Kier alpha value is -1.35. The van der Waals surface area contributed by atoms with Crippen molar-refractivity contribution in [1.82, 2.24) is 0 Å². The third kappa shape index (κ3) is 5.82. The second kappa shape index (κ2) is 6.55. The quantitative estimate of drug-likeness (QED) is 0.571. The molecule has 1 atom stereocenters. The van der Waals surface area contributed by atoms with Crippen molar-refractivity contribution >= 4 is 5.97 Å². The summed E-state index contributed by atoms with van der Waals surface area (Å²) in [6.45, 7) is 3.24. The smallest absolute Gasteiger partial charge is 0.309 e. The predicted molar refractivity (Wildman–Crippen MR) is 73.2 cm³/mol. The molecule has 1 aromatic carbocycles. The topological polar surface area (TPSA) is 26.3 Å². The van der Waals surface area contributed by atoms with E-state index in [-0.39, 0.29) is 11.9 Å². The number of likely N-dealkylation sites (N-methyl/N-ethyl adjacent to an activating group) is 1. The van der Waals surface area contributed by atoms with Crippen LogP contribution in [0.5, 0.6) is 0 Å². The average Bonchev–Trinajstić information content (AvgIpc) is 2.28. The molecule has 0 saturated heterocycles. The third-order valence-electron chi connectivity index (χ3n) is 2.79. The zero-order chi connectivity index (χ0) is 13.6. The Morgan fingerprint density at radius 2 is 1.83 bits per heavy atom. The number of hydrogen-bond donors (Lipinski definition) is 0. The van der Waals surface area contributed by atoms with Gasteiger partial charge in [0.15, 0.2) is 0 Å². The lowest BCUT2D eigenvalue weighted by atomic mass is 10.0. The SMILES string of the molecule is C[C@@H](Cc1ccccc1)C(=O)OCC[N+](C)(C)C. The number of nitrogens with zero attached hydrogens (tertiary/aromatic N) is 1. The fourth-order valence-corrected chi connectivity index (χ4v) is 1.61. The molecule has 0 radical (unpaired) electrons. The molecule has 0 unspecified atom stereocenters. The van der Waals surface area contributed by atoms with Crippen LogP contribution in [0.2, 0.25) is 0 Å². The van der Waals surface area contributed by atoms with E-state index in [0.29, 0.717) is 6.61 Å². The van der Waals surface area contributed by atoms with Gasteiger partial charge in [-0.05, 0) is 12.0 Å². The monoisotopic (exact) mass is 250 g/mol. The molecule has 0 amide bonds. The molecule has 0 saturated carbocycles. The van der Waals surface area contributed by atoms with Gasteiger partial charge in [-0.1, -0.05) is 37.3 Å². The molecule has 18 heavy (non-hydrogen) atoms. The maximum absolute atomic E-state index is 11.8. The van der Waals surface area contributed by atoms with Crippen molar-refractivity contribution in [3.8, 4) is 0 Å². The Bertz CT molecular complexity index is 368. The summed E-state index contributed by atoms with van der Waals surface area (Å²) in [6.07, 6.45) is 0.740. The molecular weight excluding hydrogens is 226 g/mol. The maximum Gasteiger partial charge on any atom is 0.309 e.